The topological polar surface area (TPSA) is 69.4 Å². The van der Waals surface area contributed by atoms with Crippen LogP contribution in [0.5, 0.6) is 5.75 Å². The molecule has 0 amide bonds. The van der Waals surface area contributed by atoms with E-state index in [4.69, 9.17) is 10.5 Å². The average Bonchev–Trinajstić information content (AvgIpc) is 2.43. The van der Waals surface area contributed by atoms with Gasteiger partial charge in [0.2, 0.25) is 0 Å². The number of nitrogen functional groups attached to an aromatic ring is 1. The number of hydrogen-bond donors (Lipinski definition) is 1. The summed E-state index contributed by atoms with van der Waals surface area (Å²) < 4.78 is 30.4. The van der Waals surface area contributed by atoms with E-state index in [2.05, 4.69) is 15.9 Å². The van der Waals surface area contributed by atoms with Gasteiger partial charge in [-0.3, -0.25) is 0 Å². The highest BCUT2D eigenvalue weighted by atomic mass is 79.9. The number of nitrogens with two attached hydrogens (primary N) is 1. The van der Waals surface area contributed by atoms with Crippen LogP contribution in [0.3, 0.4) is 0 Å². The number of benzene rings is 2. The molecule has 2 rings (SSSR count). The normalized spacial score (nSPS) is 11.3. The molecule has 0 bridgehead atoms. The zero-order valence-electron chi connectivity index (χ0n) is 10.8. The smallest absolute Gasteiger partial charge is 0.182 e. The van der Waals surface area contributed by atoms with Gasteiger partial charge in [-0.05, 0) is 57.9 Å². The second-order valence-electron chi connectivity index (χ2n) is 4.29. The van der Waals surface area contributed by atoms with E-state index in [-0.39, 0.29) is 10.6 Å². The molecule has 0 saturated carbocycles. The third kappa shape index (κ3) is 3.32. The Balaban J connectivity index is 2.27. The number of ether oxygens (including phenoxy) is 1. The predicted molar refractivity (Wildman–Crippen MR) is 82.4 cm³/mol. The fourth-order valence-electron chi connectivity index (χ4n) is 1.77. The minimum atomic E-state index is -3.39. The minimum Gasteiger partial charge on any atom is -0.497 e. The summed E-state index contributed by atoms with van der Waals surface area (Å²) in [5.74, 6) is 0.536. The Morgan fingerprint density at radius 3 is 2.35 bits per heavy atom. The number of rotatable bonds is 4. The van der Waals surface area contributed by atoms with Gasteiger partial charge in [-0.2, -0.15) is 0 Å². The van der Waals surface area contributed by atoms with Crippen LogP contribution >= 0.6 is 15.9 Å². The highest BCUT2D eigenvalue weighted by molar-refractivity contribution is 9.10. The van der Waals surface area contributed by atoms with Crippen LogP contribution in [0.2, 0.25) is 0 Å². The van der Waals surface area contributed by atoms with Gasteiger partial charge < -0.3 is 10.5 Å². The number of anilines is 1. The monoisotopic (exact) mass is 355 g/mol. The second-order valence-corrected chi connectivity index (χ2v) is 7.13. The van der Waals surface area contributed by atoms with Crippen molar-refractivity contribution in [2.45, 2.75) is 10.6 Å². The molecule has 0 spiro atoms. The molecule has 0 fully saturated rings. The molecule has 0 atom stereocenters. The Morgan fingerprint density at radius 1 is 1.15 bits per heavy atom. The van der Waals surface area contributed by atoms with E-state index < -0.39 is 9.84 Å². The van der Waals surface area contributed by atoms with Gasteiger partial charge in [-0.1, -0.05) is 6.07 Å². The van der Waals surface area contributed by atoms with E-state index in [0.29, 0.717) is 17.0 Å². The standard InChI is InChI=1S/C14H14BrNO3S/c1-19-11-3-5-12(6-4-11)20(17,18)9-10-2-7-13(15)14(16)8-10/h2-8H,9,16H2,1H3. The van der Waals surface area contributed by atoms with Crippen molar-refractivity contribution in [1.29, 1.82) is 0 Å². The lowest BCUT2D eigenvalue weighted by molar-refractivity contribution is 0.414. The van der Waals surface area contributed by atoms with E-state index >= 15 is 0 Å². The Bertz CT molecular complexity index is 712. The van der Waals surface area contributed by atoms with Gasteiger partial charge in [0.05, 0.1) is 17.8 Å². The average molecular weight is 356 g/mol. The molecule has 4 nitrogen and oxygen atoms in total. The fourth-order valence-corrected chi connectivity index (χ4v) is 3.35. The summed E-state index contributed by atoms with van der Waals surface area (Å²) in [6.45, 7) is 0. The summed E-state index contributed by atoms with van der Waals surface area (Å²) >= 11 is 3.28. The van der Waals surface area contributed by atoms with Crippen LogP contribution in [0.25, 0.3) is 0 Å². The molecule has 106 valence electrons. The van der Waals surface area contributed by atoms with Crippen LogP contribution < -0.4 is 10.5 Å². The summed E-state index contributed by atoms with van der Waals surface area (Å²) in [7, 11) is -1.86. The van der Waals surface area contributed by atoms with Gasteiger partial charge >= 0.3 is 0 Å². The quantitative estimate of drug-likeness (QED) is 0.855. The lowest BCUT2D eigenvalue weighted by Gasteiger charge is -2.07. The van der Waals surface area contributed by atoms with Crippen molar-refractivity contribution < 1.29 is 13.2 Å². The molecule has 0 aliphatic carbocycles. The molecule has 0 unspecified atom stereocenters. The highest BCUT2D eigenvalue weighted by Gasteiger charge is 2.15. The van der Waals surface area contributed by atoms with Gasteiger partial charge in [-0.25, -0.2) is 8.42 Å². The summed E-state index contributed by atoms with van der Waals surface area (Å²) in [4.78, 5) is 0.264. The molecule has 6 heteroatoms. The Morgan fingerprint density at radius 2 is 1.80 bits per heavy atom. The van der Waals surface area contributed by atoms with E-state index in [9.17, 15) is 8.42 Å². The first-order valence-electron chi connectivity index (χ1n) is 5.83. The zero-order valence-corrected chi connectivity index (χ0v) is 13.2. The summed E-state index contributed by atoms with van der Waals surface area (Å²) in [5.41, 5.74) is 6.93. The van der Waals surface area contributed by atoms with E-state index in [1.165, 1.54) is 19.2 Å². The van der Waals surface area contributed by atoms with Crippen molar-refractivity contribution in [1.82, 2.24) is 0 Å². The molecular weight excluding hydrogens is 342 g/mol. The van der Waals surface area contributed by atoms with Crippen molar-refractivity contribution >= 4 is 31.5 Å². The summed E-state index contributed by atoms with van der Waals surface area (Å²) in [6.07, 6.45) is 0. The van der Waals surface area contributed by atoms with Crippen LogP contribution in [-0.4, -0.2) is 15.5 Å². The third-order valence-electron chi connectivity index (χ3n) is 2.84. The van der Waals surface area contributed by atoms with Crippen LogP contribution in [0.1, 0.15) is 5.56 Å². The summed E-state index contributed by atoms with van der Waals surface area (Å²) in [6, 6.07) is 11.5. The number of methoxy groups -OCH3 is 1. The largest absolute Gasteiger partial charge is 0.497 e. The SMILES string of the molecule is COc1ccc(S(=O)(=O)Cc2ccc(Br)c(N)c2)cc1. The first-order valence-corrected chi connectivity index (χ1v) is 8.27. The molecule has 0 saturated heterocycles. The van der Waals surface area contributed by atoms with Gasteiger partial charge in [0.25, 0.3) is 0 Å². The first kappa shape index (κ1) is 14.9. The maximum atomic E-state index is 12.3. The molecule has 2 aromatic rings. The maximum Gasteiger partial charge on any atom is 0.182 e. The number of sulfone groups is 1. The zero-order chi connectivity index (χ0) is 14.8. The Labute approximate surface area is 126 Å². The lowest BCUT2D eigenvalue weighted by Crippen LogP contribution is -2.05. The van der Waals surface area contributed by atoms with Crippen molar-refractivity contribution in [2.24, 2.45) is 0 Å². The van der Waals surface area contributed by atoms with Gasteiger partial charge in [-0.15, -0.1) is 0 Å². The van der Waals surface area contributed by atoms with Crippen LogP contribution in [0.15, 0.2) is 51.8 Å². The molecule has 2 N–H and O–H groups in total. The maximum absolute atomic E-state index is 12.3. The highest BCUT2D eigenvalue weighted by Crippen LogP contribution is 2.24. The van der Waals surface area contributed by atoms with Crippen LogP contribution in [0.4, 0.5) is 5.69 Å². The van der Waals surface area contributed by atoms with Crippen molar-refractivity contribution in [3.63, 3.8) is 0 Å². The van der Waals surface area contributed by atoms with Crippen molar-refractivity contribution in [3.05, 3.63) is 52.5 Å². The Kier molecular flexibility index (Phi) is 4.35. The molecule has 0 aliphatic rings. The molecule has 2 aromatic carbocycles. The summed E-state index contributed by atoms with van der Waals surface area (Å²) in [5, 5.41) is 0. The van der Waals surface area contributed by atoms with Crippen LogP contribution in [0, 0.1) is 0 Å². The number of halogens is 1. The third-order valence-corrected chi connectivity index (χ3v) is 5.26. The van der Waals surface area contributed by atoms with E-state index in [1.54, 1.807) is 30.3 Å². The molecule has 0 aromatic heterocycles. The van der Waals surface area contributed by atoms with Crippen molar-refractivity contribution in [2.75, 3.05) is 12.8 Å². The molecule has 0 heterocycles. The molecule has 0 aliphatic heterocycles. The van der Waals surface area contributed by atoms with E-state index in [1.807, 2.05) is 0 Å². The number of hydrogen-bond acceptors (Lipinski definition) is 4. The van der Waals surface area contributed by atoms with Crippen LogP contribution in [-0.2, 0) is 15.6 Å². The predicted octanol–water partition coefficient (Wildman–Crippen LogP) is 3.01. The van der Waals surface area contributed by atoms with Gasteiger partial charge in [0.1, 0.15) is 5.75 Å². The lowest BCUT2D eigenvalue weighted by atomic mass is 10.2. The van der Waals surface area contributed by atoms with Crippen molar-refractivity contribution in [3.8, 4) is 5.75 Å². The molecular formula is C14H14BrNO3S. The molecule has 20 heavy (non-hydrogen) atoms. The van der Waals surface area contributed by atoms with E-state index in [0.717, 1.165) is 4.47 Å². The van der Waals surface area contributed by atoms with Gasteiger partial charge in [0.15, 0.2) is 9.84 Å². The minimum absolute atomic E-state index is 0.0865. The first-order chi connectivity index (χ1) is 9.42. The van der Waals surface area contributed by atoms with Gasteiger partial charge in [0, 0.05) is 10.2 Å². The second kappa shape index (κ2) is 5.85. The molecule has 0 radical (unpaired) electrons. The Hall–Kier alpha value is -1.53. The fraction of sp³-hybridized carbons (Fsp3) is 0.143.